The van der Waals surface area contributed by atoms with E-state index < -0.39 is 11.7 Å². The summed E-state index contributed by atoms with van der Waals surface area (Å²) in [6.45, 7) is 4.88. The van der Waals surface area contributed by atoms with Crippen molar-refractivity contribution in [2.24, 2.45) is 0 Å². The number of alkyl halides is 3. The third-order valence-corrected chi connectivity index (χ3v) is 2.99. The summed E-state index contributed by atoms with van der Waals surface area (Å²) in [4.78, 5) is 8.33. The molecule has 0 atom stereocenters. The van der Waals surface area contributed by atoms with Gasteiger partial charge >= 0.3 is 6.18 Å². The van der Waals surface area contributed by atoms with E-state index in [2.05, 4.69) is 9.97 Å². The van der Waals surface area contributed by atoms with Gasteiger partial charge in [-0.3, -0.25) is 0 Å². The minimum atomic E-state index is -4.45. The molecule has 106 valence electrons. The van der Waals surface area contributed by atoms with Gasteiger partial charge in [-0.05, 0) is 44.5 Å². The highest BCUT2D eigenvalue weighted by Gasteiger charge is 2.33. The van der Waals surface area contributed by atoms with Gasteiger partial charge in [0.15, 0.2) is 5.82 Å². The van der Waals surface area contributed by atoms with Gasteiger partial charge in [0.1, 0.15) is 0 Å². The van der Waals surface area contributed by atoms with E-state index in [9.17, 15) is 13.2 Å². The summed E-state index contributed by atoms with van der Waals surface area (Å²) in [5.41, 5.74) is 6.68. The molecular weight excluding hydrogens is 267 g/mol. The molecular formula is C14H14F3N3. The fourth-order valence-electron chi connectivity index (χ4n) is 2.02. The van der Waals surface area contributed by atoms with Crippen molar-refractivity contribution < 1.29 is 13.2 Å². The van der Waals surface area contributed by atoms with Crippen LogP contribution in [0.3, 0.4) is 0 Å². The van der Waals surface area contributed by atoms with E-state index >= 15 is 0 Å². The molecule has 0 unspecified atom stereocenters. The first-order chi connectivity index (χ1) is 9.18. The Kier molecular flexibility index (Phi) is 3.41. The number of anilines is 1. The van der Waals surface area contributed by atoms with Gasteiger partial charge in [0.2, 0.25) is 0 Å². The van der Waals surface area contributed by atoms with E-state index in [0.717, 1.165) is 6.07 Å². The summed E-state index contributed by atoms with van der Waals surface area (Å²) >= 11 is 0. The number of aromatic nitrogens is 2. The predicted molar refractivity (Wildman–Crippen MR) is 71.1 cm³/mol. The Morgan fingerprint density at radius 1 is 0.950 bits per heavy atom. The normalized spacial score (nSPS) is 11.7. The lowest BCUT2D eigenvalue weighted by molar-refractivity contribution is -0.137. The molecule has 3 nitrogen and oxygen atoms in total. The fourth-order valence-corrected chi connectivity index (χ4v) is 2.02. The third-order valence-electron chi connectivity index (χ3n) is 2.99. The van der Waals surface area contributed by atoms with Crippen LogP contribution in [-0.4, -0.2) is 9.97 Å². The minimum absolute atomic E-state index is 0.0191. The SMILES string of the molecule is Cc1cc(C)nc(-c2cc(N)c(C)c(C(F)(F)F)c2)n1. The molecule has 0 radical (unpaired) electrons. The number of rotatable bonds is 1. The maximum atomic E-state index is 13.0. The molecule has 0 saturated heterocycles. The molecule has 2 N–H and O–H groups in total. The highest BCUT2D eigenvalue weighted by Crippen LogP contribution is 2.36. The van der Waals surface area contributed by atoms with Crippen LogP contribution in [0.1, 0.15) is 22.5 Å². The number of nitrogens with two attached hydrogens (primary N) is 1. The second-order valence-corrected chi connectivity index (χ2v) is 4.71. The van der Waals surface area contributed by atoms with E-state index in [1.165, 1.54) is 13.0 Å². The standard InChI is InChI=1S/C14H14F3N3/c1-7-4-8(2)20-13(19-7)10-5-11(14(15,16)17)9(3)12(18)6-10/h4-6H,18H2,1-3H3. The van der Waals surface area contributed by atoms with Crippen molar-refractivity contribution in [2.45, 2.75) is 26.9 Å². The van der Waals surface area contributed by atoms with Crippen LogP contribution in [0.5, 0.6) is 0 Å². The van der Waals surface area contributed by atoms with Gasteiger partial charge in [-0.2, -0.15) is 13.2 Å². The number of nitrogen functional groups attached to an aromatic ring is 1. The van der Waals surface area contributed by atoms with Crippen molar-refractivity contribution in [1.29, 1.82) is 0 Å². The van der Waals surface area contributed by atoms with Crippen LogP contribution in [0.4, 0.5) is 18.9 Å². The Hall–Kier alpha value is -2.11. The van der Waals surface area contributed by atoms with Crippen LogP contribution < -0.4 is 5.73 Å². The van der Waals surface area contributed by atoms with Crippen molar-refractivity contribution in [3.8, 4) is 11.4 Å². The predicted octanol–water partition coefficient (Wildman–Crippen LogP) is 3.67. The van der Waals surface area contributed by atoms with Gasteiger partial charge < -0.3 is 5.73 Å². The lowest BCUT2D eigenvalue weighted by Gasteiger charge is -2.14. The second-order valence-electron chi connectivity index (χ2n) is 4.71. The molecule has 6 heteroatoms. The van der Waals surface area contributed by atoms with Crippen molar-refractivity contribution in [1.82, 2.24) is 9.97 Å². The average Bonchev–Trinajstić information content (AvgIpc) is 2.29. The molecule has 0 aliphatic carbocycles. The van der Waals surface area contributed by atoms with Gasteiger partial charge in [0, 0.05) is 22.6 Å². The maximum Gasteiger partial charge on any atom is 0.416 e. The Morgan fingerprint density at radius 2 is 1.50 bits per heavy atom. The summed E-state index contributed by atoms with van der Waals surface area (Å²) in [5.74, 6) is 0.250. The summed E-state index contributed by atoms with van der Waals surface area (Å²) < 4.78 is 39.0. The quantitative estimate of drug-likeness (QED) is 0.811. The number of hydrogen-bond donors (Lipinski definition) is 1. The van der Waals surface area contributed by atoms with Crippen LogP contribution >= 0.6 is 0 Å². The van der Waals surface area contributed by atoms with Crippen molar-refractivity contribution in [3.05, 3.63) is 40.7 Å². The van der Waals surface area contributed by atoms with Crippen LogP contribution in [0.2, 0.25) is 0 Å². The molecule has 1 aromatic carbocycles. The van der Waals surface area contributed by atoms with Crippen LogP contribution in [0.15, 0.2) is 18.2 Å². The molecule has 0 fully saturated rings. The molecule has 0 saturated carbocycles. The van der Waals surface area contributed by atoms with Gasteiger partial charge in [-0.25, -0.2) is 9.97 Å². The highest BCUT2D eigenvalue weighted by atomic mass is 19.4. The second kappa shape index (κ2) is 4.77. The van der Waals surface area contributed by atoms with Crippen LogP contribution in [-0.2, 0) is 6.18 Å². The first-order valence-electron chi connectivity index (χ1n) is 5.98. The zero-order valence-electron chi connectivity index (χ0n) is 11.3. The van der Waals surface area contributed by atoms with Crippen molar-refractivity contribution in [2.75, 3.05) is 5.73 Å². The number of nitrogens with zero attached hydrogens (tertiary/aromatic N) is 2. The van der Waals surface area contributed by atoms with E-state index in [1.54, 1.807) is 19.9 Å². The Balaban J connectivity index is 2.67. The molecule has 1 heterocycles. The Bertz CT molecular complexity index is 643. The van der Waals surface area contributed by atoms with Gasteiger partial charge in [0.05, 0.1) is 5.56 Å². The largest absolute Gasteiger partial charge is 0.416 e. The van der Waals surface area contributed by atoms with E-state index in [4.69, 9.17) is 5.73 Å². The summed E-state index contributed by atoms with van der Waals surface area (Å²) in [7, 11) is 0. The highest BCUT2D eigenvalue weighted by molar-refractivity contribution is 5.66. The monoisotopic (exact) mass is 281 g/mol. The molecule has 0 aliphatic heterocycles. The molecule has 2 aromatic rings. The number of aryl methyl sites for hydroxylation is 2. The molecule has 0 aliphatic rings. The molecule has 20 heavy (non-hydrogen) atoms. The molecule has 0 spiro atoms. The number of hydrogen-bond acceptors (Lipinski definition) is 3. The molecule has 1 aromatic heterocycles. The maximum absolute atomic E-state index is 13.0. The van der Waals surface area contributed by atoms with E-state index in [-0.39, 0.29) is 22.6 Å². The summed E-state index contributed by atoms with van der Waals surface area (Å²) in [6, 6.07) is 4.27. The Morgan fingerprint density at radius 3 is 2.00 bits per heavy atom. The first kappa shape index (κ1) is 14.3. The van der Waals surface area contributed by atoms with E-state index in [0.29, 0.717) is 11.4 Å². The fraction of sp³-hybridized carbons (Fsp3) is 0.286. The Labute approximate surface area is 114 Å². The molecule has 2 rings (SSSR count). The van der Waals surface area contributed by atoms with Gasteiger partial charge in [-0.1, -0.05) is 0 Å². The molecule has 0 bridgehead atoms. The lowest BCUT2D eigenvalue weighted by atomic mass is 10.0. The number of halogens is 3. The lowest BCUT2D eigenvalue weighted by Crippen LogP contribution is -2.10. The van der Waals surface area contributed by atoms with Crippen LogP contribution in [0.25, 0.3) is 11.4 Å². The minimum Gasteiger partial charge on any atom is -0.398 e. The van der Waals surface area contributed by atoms with Gasteiger partial charge in [-0.15, -0.1) is 0 Å². The summed E-state index contributed by atoms with van der Waals surface area (Å²) in [5, 5.41) is 0. The first-order valence-corrected chi connectivity index (χ1v) is 5.98. The van der Waals surface area contributed by atoms with Crippen molar-refractivity contribution in [3.63, 3.8) is 0 Å². The van der Waals surface area contributed by atoms with Crippen molar-refractivity contribution >= 4 is 5.69 Å². The average molecular weight is 281 g/mol. The zero-order chi connectivity index (χ0) is 15.1. The molecule has 0 amide bonds. The van der Waals surface area contributed by atoms with Gasteiger partial charge in [0.25, 0.3) is 0 Å². The van der Waals surface area contributed by atoms with E-state index in [1.807, 2.05) is 0 Å². The van der Waals surface area contributed by atoms with Crippen LogP contribution in [0, 0.1) is 20.8 Å². The third kappa shape index (κ3) is 2.74. The smallest absolute Gasteiger partial charge is 0.398 e. The number of benzene rings is 1. The topological polar surface area (TPSA) is 51.8 Å². The summed E-state index contributed by atoms with van der Waals surface area (Å²) in [6.07, 6.45) is -4.45. The zero-order valence-corrected chi connectivity index (χ0v) is 11.3.